The Bertz CT molecular complexity index is 83.0. The molecule has 0 aliphatic rings. The molecule has 0 aromatic carbocycles. The van der Waals surface area contributed by atoms with E-state index < -0.39 is 11.6 Å². The molecule has 0 fully saturated rings. The van der Waals surface area contributed by atoms with E-state index in [-0.39, 0.29) is 0 Å². The van der Waals surface area contributed by atoms with Gasteiger partial charge in [0.1, 0.15) is 12.0 Å². The Balaban J connectivity index is 3.80. The van der Waals surface area contributed by atoms with Crippen molar-refractivity contribution >= 4 is 6.29 Å². The average Bonchev–Trinajstić information content (AvgIpc) is 1.62. The minimum Gasteiger partial charge on any atom is -0.303 e. The monoisotopic (exact) mass is 118 g/mol. The largest absolute Gasteiger partial charge is 0.303 e. The lowest BCUT2D eigenvalue weighted by Gasteiger charge is -2.16. The van der Waals surface area contributed by atoms with Gasteiger partial charge in [-0.15, -0.1) is 0 Å². The van der Waals surface area contributed by atoms with Gasteiger partial charge in [0.2, 0.25) is 0 Å². The van der Waals surface area contributed by atoms with E-state index in [1.54, 1.807) is 6.92 Å². The van der Waals surface area contributed by atoms with Crippen molar-refractivity contribution < 1.29 is 9.18 Å². The molecule has 0 saturated heterocycles. The summed E-state index contributed by atoms with van der Waals surface area (Å²) in [6.45, 7) is 4.35. The third-order valence-electron chi connectivity index (χ3n) is 1.29. The molecule has 1 atom stereocenters. The Kier molecular flexibility index (Phi) is 2.13. The van der Waals surface area contributed by atoms with Crippen LogP contribution in [0.4, 0.5) is 4.39 Å². The second kappa shape index (κ2) is 2.25. The Hall–Kier alpha value is -0.400. The average molecular weight is 118 g/mol. The summed E-state index contributed by atoms with van der Waals surface area (Å²) in [5.74, 6) is -0.498. The van der Waals surface area contributed by atoms with E-state index in [0.29, 0.717) is 6.29 Å². The van der Waals surface area contributed by atoms with Gasteiger partial charge in [0, 0.05) is 5.92 Å². The van der Waals surface area contributed by atoms with Gasteiger partial charge in [-0.05, 0) is 13.8 Å². The zero-order chi connectivity index (χ0) is 6.78. The van der Waals surface area contributed by atoms with Crippen molar-refractivity contribution in [1.82, 2.24) is 0 Å². The van der Waals surface area contributed by atoms with E-state index in [4.69, 9.17) is 0 Å². The fourth-order valence-corrected chi connectivity index (χ4v) is 0.162. The molecule has 8 heavy (non-hydrogen) atoms. The zero-order valence-electron chi connectivity index (χ0n) is 5.44. The van der Waals surface area contributed by atoms with Crippen LogP contribution in [0.5, 0.6) is 0 Å². The van der Waals surface area contributed by atoms with E-state index in [1.807, 2.05) is 0 Å². The van der Waals surface area contributed by atoms with Crippen LogP contribution >= 0.6 is 0 Å². The second-order valence-electron chi connectivity index (χ2n) is 2.49. The van der Waals surface area contributed by atoms with Crippen molar-refractivity contribution in [3.05, 3.63) is 0 Å². The highest BCUT2D eigenvalue weighted by molar-refractivity contribution is 5.54. The topological polar surface area (TPSA) is 17.1 Å². The van der Waals surface area contributed by atoms with Crippen LogP contribution in [0.1, 0.15) is 20.8 Å². The molecule has 0 aliphatic carbocycles. The van der Waals surface area contributed by atoms with Crippen LogP contribution in [0.25, 0.3) is 0 Å². The summed E-state index contributed by atoms with van der Waals surface area (Å²) in [6.07, 6.45) is 0.625. The summed E-state index contributed by atoms with van der Waals surface area (Å²) in [5, 5.41) is 0. The first-order chi connectivity index (χ1) is 3.48. The van der Waals surface area contributed by atoms with E-state index >= 15 is 0 Å². The molecule has 0 N–H and O–H groups in total. The second-order valence-corrected chi connectivity index (χ2v) is 2.49. The van der Waals surface area contributed by atoms with Crippen LogP contribution in [-0.4, -0.2) is 12.0 Å². The molecule has 0 heterocycles. The highest BCUT2D eigenvalue weighted by Crippen LogP contribution is 2.17. The lowest BCUT2D eigenvalue weighted by molar-refractivity contribution is -0.114. The molecule has 2 heteroatoms. The summed E-state index contributed by atoms with van der Waals surface area (Å²) >= 11 is 0. The van der Waals surface area contributed by atoms with Crippen LogP contribution in [-0.2, 0) is 4.79 Å². The number of carbonyl (C=O) groups excluding carboxylic acids is 1. The van der Waals surface area contributed by atoms with Gasteiger partial charge in [0.25, 0.3) is 0 Å². The van der Waals surface area contributed by atoms with E-state index in [1.165, 1.54) is 13.8 Å². The molecule has 0 saturated carbocycles. The predicted octanol–water partition coefficient (Wildman–Crippen LogP) is 1.57. The van der Waals surface area contributed by atoms with E-state index in [9.17, 15) is 9.18 Å². The van der Waals surface area contributed by atoms with Crippen LogP contribution in [0.2, 0.25) is 0 Å². The number of alkyl halides is 1. The molecule has 0 rings (SSSR count). The van der Waals surface area contributed by atoms with Crippen molar-refractivity contribution in [2.75, 3.05) is 0 Å². The zero-order valence-corrected chi connectivity index (χ0v) is 5.44. The van der Waals surface area contributed by atoms with Gasteiger partial charge in [0.15, 0.2) is 0 Å². The number of carbonyl (C=O) groups is 1. The summed E-state index contributed by atoms with van der Waals surface area (Å²) in [6, 6.07) is 0. The fraction of sp³-hybridized carbons (Fsp3) is 0.833. The van der Waals surface area contributed by atoms with Crippen LogP contribution in [0.15, 0.2) is 0 Å². The van der Waals surface area contributed by atoms with E-state index in [2.05, 4.69) is 0 Å². The van der Waals surface area contributed by atoms with Gasteiger partial charge in [-0.2, -0.15) is 0 Å². The Morgan fingerprint density at radius 3 is 2.00 bits per heavy atom. The molecule has 0 radical (unpaired) electrons. The van der Waals surface area contributed by atoms with Crippen LogP contribution in [0.3, 0.4) is 0 Å². The summed E-state index contributed by atoms with van der Waals surface area (Å²) in [5.41, 5.74) is -1.36. The van der Waals surface area contributed by atoms with E-state index in [0.717, 1.165) is 0 Å². The first-order valence-corrected chi connectivity index (χ1v) is 2.62. The highest BCUT2D eigenvalue weighted by Gasteiger charge is 2.23. The summed E-state index contributed by atoms with van der Waals surface area (Å²) in [4.78, 5) is 9.91. The molecular weight excluding hydrogens is 107 g/mol. The van der Waals surface area contributed by atoms with Crippen molar-refractivity contribution in [2.24, 2.45) is 5.92 Å². The number of hydrogen-bond acceptors (Lipinski definition) is 1. The lowest BCUT2D eigenvalue weighted by Crippen LogP contribution is -2.23. The Morgan fingerprint density at radius 2 is 2.00 bits per heavy atom. The number of halogens is 1. The Labute approximate surface area is 48.9 Å². The van der Waals surface area contributed by atoms with Crippen molar-refractivity contribution in [2.45, 2.75) is 26.4 Å². The number of aldehydes is 1. The molecule has 0 amide bonds. The standard InChI is InChI=1S/C6H11FO/c1-5(4-8)6(2,3)7/h4-5H,1-3H3/t5-/m0/s1. The minimum atomic E-state index is -1.36. The molecule has 1 nitrogen and oxygen atoms in total. The maximum atomic E-state index is 12.6. The number of hydrogen-bond donors (Lipinski definition) is 0. The summed E-state index contributed by atoms with van der Waals surface area (Å²) in [7, 11) is 0. The van der Waals surface area contributed by atoms with Crippen LogP contribution < -0.4 is 0 Å². The minimum absolute atomic E-state index is 0.498. The fourth-order valence-electron chi connectivity index (χ4n) is 0.162. The highest BCUT2D eigenvalue weighted by atomic mass is 19.1. The molecule has 0 unspecified atom stereocenters. The first-order valence-electron chi connectivity index (χ1n) is 2.62. The van der Waals surface area contributed by atoms with Gasteiger partial charge in [-0.25, -0.2) is 4.39 Å². The van der Waals surface area contributed by atoms with Crippen molar-refractivity contribution in [3.8, 4) is 0 Å². The maximum absolute atomic E-state index is 12.6. The predicted molar refractivity (Wildman–Crippen MR) is 30.4 cm³/mol. The molecule has 48 valence electrons. The molecular formula is C6H11FO. The van der Waals surface area contributed by atoms with Crippen LogP contribution in [0, 0.1) is 5.92 Å². The Morgan fingerprint density at radius 1 is 1.62 bits per heavy atom. The van der Waals surface area contributed by atoms with Gasteiger partial charge in [0.05, 0.1) is 0 Å². The molecule has 0 bridgehead atoms. The van der Waals surface area contributed by atoms with Crippen molar-refractivity contribution in [1.29, 1.82) is 0 Å². The summed E-state index contributed by atoms with van der Waals surface area (Å²) < 4.78 is 12.6. The molecule has 0 aromatic rings. The van der Waals surface area contributed by atoms with Crippen molar-refractivity contribution in [3.63, 3.8) is 0 Å². The SMILES string of the molecule is C[C@@H](C=O)C(C)(C)F. The van der Waals surface area contributed by atoms with Gasteiger partial charge >= 0.3 is 0 Å². The third kappa shape index (κ3) is 2.05. The number of rotatable bonds is 2. The first kappa shape index (κ1) is 7.60. The quantitative estimate of drug-likeness (QED) is 0.503. The molecule has 0 spiro atoms. The lowest BCUT2D eigenvalue weighted by atomic mass is 9.97. The molecule has 0 aromatic heterocycles. The van der Waals surface area contributed by atoms with Gasteiger partial charge in [-0.3, -0.25) is 0 Å². The third-order valence-corrected chi connectivity index (χ3v) is 1.29. The maximum Gasteiger partial charge on any atom is 0.125 e. The normalized spacial score (nSPS) is 15.5. The van der Waals surface area contributed by atoms with Gasteiger partial charge in [-0.1, -0.05) is 6.92 Å². The molecule has 0 aliphatic heterocycles. The smallest absolute Gasteiger partial charge is 0.125 e. The van der Waals surface area contributed by atoms with Gasteiger partial charge < -0.3 is 4.79 Å².